The second-order valence-corrected chi connectivity index (χ2v) is 7.35. The van der Waals surface area contributed by atoms with Crippen LogP contribution in [0.4, 0.5) is 0 Å². The minimum Gasteiger partial charge on any atom is -0.490 e. The lowest BCUT2D eigenvalue weighted by Gasteiger charge is -2.26. The zero-order valence-electron chi connectivity index (χ0n) is 16.5. The van der Waals surface area contributed by atoms with Gasteiger partial charge in [0.25, 0.3) is 0 Å². The zero-order chi connectivity index (χ0) is 19.9. The molecule has 0 unspecified atom stereocenters. The molecule has 1 amide bonds. The molecule has 1 saturated heterocycles. The molecule has 0 bridgehead atoms. The summed E-state index contributed by atoms with van der Waals surface area (Å²) in [5.41, 5.74) is 1.11. The van der Waals surface area contributed by atoms with Gasteiger partial charge < -0.3 is 23.7 Å². The molecule has 8 nitrogen and oxygen atoms in total. The summed E-state index contributed by atoms with van der Waals surface area (Å²) in [6.07, 6.45) is 0. The van der Waals surface area contributed by atoms with Gasteiger partial charge in [0.1, 0.15) is 6.61 Å². The number of thioether (sulfide) groups is 1. The number of carbonyl (C=O) groups is 1. The fourth-order valence-corrected chi connectivity index (χ4v) is 3.60. The standard InChI is InChI=1S/C19H26N4O4S/c1-4-26-16-11-14(2)5-6-15(16)27-12-17-20-21-19(22(17)3)28-13-18(24)23-7-9-25-10-8-23/h5-6,11H,4,7-10,12-13H2,1-3H3. The van der Waals surface area contributed by atoms with E-state index in [0.29, 0.717) is 55.4 Å². The molecular formula is C19H26N4O4S. The van der Waals surface area contributed by atoms with E-state index < -0.39 is 0 Å². The molecule has 9 heteroatoms. The Kier molecular flexibility index (Phi) is 7.16. The van der Waals surface area contributed by atoms with Crippen LogP contribution in [-0.4, -0.2) is 64.2 Å². The van der Waals surface area contributed by atoms with Crippen LogP contribution in [0.1, 0.15) is 18.3 Å². The summed E-state index contributed by atoms with van der Waals surface area (Å²) in [6, 6.07) is 5.83. The lowest BCUT2D eigenvalue weighted by Crippen LogP contribution is -2.41. The second-order valence-electron chi connectivity index (χ2n) is 6.41. The van der Waals surface area contributed by atoms with Crippen molar-refractivity contribution in [3.8, 4) is 11.5 Å². The molecule has 0 N–H and O–H groups in total. The fraction of sp³-hybridized carbons (Fsp3) is 0.526. The topological polar surface area (TPSA) is 78.7 Å². The molecule has 0 atom stereocenters. The third-order valence-corrected chi connectivity index (χ3v) is 5.37. The molecule has 152 valence electrons. The van der Waals surface area contributed by atoms with Crippen molar-refractivity contribution in [2.24, 2.45) is 7.05 Å². The van der Waals surface area contributed by atoms with Crippen molar-refractivity contribution in [3.05, 3.63) is 29.6 Å². The number of aryl methyl sites for hydroxylation is 1. The molecule has 0 radical (unpaired) electrons. The monoisotopic (exact) mass is 406 g/mol. The predicted octanol–water partition coefficient (Wildman–Crippen LogP) is 2.05. The van der Waals surface area contributed by atoms with Gasteiger partial charge in [-0.05, 0) is 31.5 Å². The van der Waals surface area contributed by atoms with Crippen molar-refractivity contribution in [3.63, 3.8) is 0 Å². The van der Waals surface area contributed by atoms with Crippen LogP contribution in [0.15, 0.2) is 23.4 Å². The van der Waals surface area contributed by atoms with Crippen molar-refractivity contribution in [2.45, 2.75) is 25.6 Å². The number of hydrogen-bond donors (Lipinski definition) is 0. The highest BCUT2D eigenvalue weighted by molar-refractivity contribution is 7.99. The van der Waals surface area contributed by atoms with Crippen molar-refractivity contribution in [1.29, 1.82) is 0 Å². The molecule has 1 fully saturated rings. The highest BCUT2D eigenvalue weighted by Crippen LogP contribution is 2.29. The summed E-state index contributed by atoms with van der Waals surface area (Å²) in [6.45, 7) is 7.29. The highest BCUT2D eigenvalue weighted by atomic mass is 32.2. The van der Waals surface area contributed by atoms with E-state index in [1.807, 2.05) is 48.6 Å². The summed E-state index contributed by atoms with van der Waals surface area (Å²) in [5, 5.41) is 9.07. The first kappa shape index (κ1) is 20.5. The number of hydrogen-bond acceptors (Lipinski definition) is 7. The number of benzene rings is 1. The van der Waals surface area contributed by atoms with Crippen LogP contribution in [0.2, 0.25) is 0 Å². The van der Waals surface area contributed by atoms with Gasteiger partial charge in [0.15, 0.2) is 22.5 Å². The quantitative estimate of drug-likeness (QED) is 0.621. The first-order valence-corrected chi connectivity index (χ1v) is 10.3. The molecule has 1 aliphatic heterocycles. The molecule has 0 aliphatic carbocycles. The Labute approximate surface area is 169 Å². The van der Waals surface area contributed by atoms with Gasteiger partial charge in [0, 0.05) is 20.1 Å². The smallest absolute Gasteiger partial charge is 0.233 e. The maximum absolute atomic E-state index is 12.3. The lowest BCUT2D eigenvalue weighted by molar-refractivity contribution is -0.132. The average molecular weight is 407 g/mol. The zero-order valence-corrected chi connectivity index (χ0v) is 17.3. The third-order valence-electron chi connectivity index (χ3n) is 4.37. The minimum absolute atomic E-state index is 0.0927. The maximum atomic E-state index is 12.3. The van der Waals surface area contributed by atoms with Gasteiger partial charge in [-0.3, -0.25) is 4.79 Å². The molecule has 3 rings (SSSR count). The molecule has 1 aromatic carbocycles. The molecule has 0 saturated carbocycles. The van der Waals surface area contributed by atoms with Crippen molar-refractivity contribution < 1.29 is 19.0 Å². The lowest BCUT2D eigenvalue weighted by atomic mass is 10.2. The normalized spacial score (nSPS) is 14.2. The van der Waals surface area contributed by atoms with Crippen LogP contribution in [0.5, 0.6) is 11.5 Å². The van der Waals surface area contributed by atoms with Gasteiger partial charge in [-0.1, -0.05) is 17.8 Å². The predicted molar refractivity (Wildman–Crippen MR) is 106 cm³/mol. The van der Waals surface area contributed by atoms with Crippen LogP contribution in [0.3, 0.4) is 0 Å². The van der Waals surface area contributed by atoms with Crippen LogP contribution < -0.4 is 9.47 Å². The molecule has 28 heavy (non-hydrogen) atoms. The van der Waals surface area contributed by atoms with E-state index in [9.17, 15) is 4.79 Å². The Morgan fingerprint density at radius 3 is 2.75 bits per heavy atom. The van der Waals surface area contributed by atoms with Gasteiger partial charge in [-0.15, -0.1) is 10.2 Å². The van der Waals surface area contributed by atoms with Crippen molar-refractivity contribution in [1.82, 2.24) is 19.7 Å². The Hall–Kier alpha value is -2.26. The average Bonchev–Trinajstić information content (AvgIpc) is 3.06. The summed E-state index contributed by atoms with van der Waals surface area (Å²) >= 11 is 1.38. The van der Waals surface area contributed by atoms with Gasteiger partial charge >= 0.3 is 0 Å². The number of carbonyl (C=O) groups excluding carboxylic acids is 1. The summed E-state index contributed by atoms with van der Waals surface area (Å²) in [7, 11) is 1.87. The number of amides is 1. The molecule has 2 aromatic rings. The van der Waals surface area contributed by atoms with Crippen LogP contribution >= 0.6 is 11.8 Å². The van der Waals surface area contributed by atoms with E-state index in [4.69, 9.17) is 14.2 Å². The Morgan fingerprint density at radius 1 is 1.21 bits per heavy atom. The molecule has 1 aromatic heterocycles. The largest absolute Gasteiger partial charge is 0.490 e. The molecule has 0 spiro atoms. The second kappa shape index (κ2) is 9.79. The van der Waals surface area contributed by atoms with Gasteiger partial charge in [-0.25, -0.2) is 0 Å². The SMILES string of the molecule is CCOc1cc(C)ccc1OCc1nnc(SCC(=O)N2CCOCC2)n1C. The van der Waals surface area contributed by atoms with Crippen LogP contribution in [0, 0.1) is 6.92 Å². The molecular weight excluding hydrogens is 380 g/mol. The first-order chi connectivity index (χ1) is 13.6. The number of ether oxygens (including phenoxy) is 3. The first-order valence-electron chi connectivity index (χ1n) is 9.31. The van der Waals surface area contributed by atoms with Gasteiger partial charge in [0.2, 0.25) is 5.91 Å². The fourth-order valence-electron chi connectivity index (χ4n) is 2.77. The van der Waals surface area contributed by atoms with Crippen molar-refractivity contribution in [2.75, 3.05) is 38.7 Å². The van der Waals surface area contributed by atoms with Crippen LogP contribution in [-0.2, 0) is 23.2 Å². The number of morpholine rings is 1. The maximum Gasteiger partial charge on any atom is 0.233 e. The van der Waals surface area contributed by atoms with Gasteiger partial charge in [-0.2, -0.15) is 0 Å². The summed E-state index contributed by atoms with van der Waals surface area (Å²) in [4.78, 5) is 14.1. The third kappa shape index (κ3) is 5.17. The van der Waals surface area contributed by atoms with E-state index in [1.165, 1.54) is 11.8 Å². The number of nitrogens with zero attached hydrogens (tertiary/aromatic N) is 4. The van der Waals surface area contributed by atoms with E-state index >= 15 is 0 Å². The van der Waals surface area contributed by atoms with E-state index in [-0.39, 0.29) is 12.5 Å². The Bertz CT molecular complexity index is 805. The van der Waals surface area contributed by atoms with E-state index in [0.717, 1.165) is 11.3 Å². The minimum atomic E-state index is 0.0927. The Balaban J connectivity index is 1.57. The van der Waals surface area contributed by atoms with E-state index in [2.05, 4.69) is 10.2 Å². The van der Waals surface area contributed by atoms with Crippen molar-refractivity contribution >= 4 is 17.7 Å². The molecule has 2 heterocycles. The highest BCUT2D eigenvalue weighted by Gasteiger charge is 2.19. The number of rotatable bonds is 8. The van der Waals surface area contributed by atoms with E-state index in [1.54, 1.807) is 0 Å². The summed E-state index contributed by atoms with van der Waals surface area (Å²) in [5.74, 6) is 2.50. The number of aromatic nitrogens is 3. The molecule has 1 aliphatic rings. The summed E-state index contributed by atoms with van der Waals surface area (Å²) < 4.78 is 18.7. The van der Waals surface area contributed by atoms with Gasteiger partial charge in [0.05, 0.1) is 25.6 Å². The Morgan fingerprint density at radius 2 is 2.00 bits per heavy atom. The van der Waals surface area contributed by atoms with Crippen LogP contribution in [0.25, 0.3) is 0 Å².